The van der Waals surface area contributed by atoms with Crippen molar-refractivity contribution in [2.45, 2.75) is 67.6 Å². The van der Waals surface area contributed by atoms with Gasteiger partial charge in [0.15, 0.2) is 0 Å². The van der Waals surface area contributed by atoms with E-state index in [0.717, 1.165) is 11.1 Å². The van der Waals surface area contributed by atoms with Crippen molar-refractivity contribution in [1.29, 1.82) is 0 Å². The summed E-state index contributed by atoms with van der Waals surface area (Å²) >= 11 is 0. The van der Waals surface area contributed by atoms with Gasteiger partial charge in [-0.05, 0) is 35.8 Å². The van der Waals surface area contributed by atoms with Crippen molar-refractivity contribution >= 4 is 0 Å². The lowest BCUT2D eigenvalue weighted by Gasteiger charge is -2.36. The summed E-state index contributed by atoms with van der Waals surface area (Å²) in [5.41, 5.74) is 1.65. The molecule has 0 spiro atoms. The molecule has 16 heavy (non-hydrogen) atoms. The molecular weight excluding hydrogens is 200 g/mol. The van der Waals surface area contributed by atoms with Crippen molar-refractivity contribution in [1.82, 2.24) is 0 Å². The van der Waals surface area contributed by atoms with E-state index in [1.165, 1.54) is 0 Å². The molecule has 0 saturated carbocycles. The van der Waals surface area contributed by atoms with Gasteiger partial charge < -0.3 is 10.2 Å². The molecule has 2 heteroatoms. The molecule has 2 N–H and O–H groups in total. The van der Waals surface area contributed by atoms with Gasteiger partial charge in [0.05, 0.1) is 12.2 Å². The van der Waals surface area contributed by atoms with E-state index in [4.69, 9.17) is 0 Å². The number of hydrogen-bond donors (Lipinski definition) is 2. The summed E-state index contributed by atoms with van der Waals surface area (Å²) in [6.45, 7) is 16.0. The van der Waals surface area contributed by atoms with Crippen molar-refractivity contribution in [2.24, 2.45) is 10.8 Å². The molecule has 2 unspecified atom stereocenters. The van der Waals surface area contributed by atoms with Gasteiger partial charge in [0.25, 0.3) is 0 Å². The Balaban J connectivity index is 5.87. The van der Waals surface area contributed by atoms with Gasteiger partial charge in [-0.15, -0.1) is 0 Å². The van der Waals surface area contributed by atoms with E-state index >= 15 is 0 Å². The second-order valence-electron chi connectivity index (χ2n) is 6.68. The topological polar surface area (TPSA) is 40.5 Å². The molecule has 2 atom stereocenters. The van der Waals surface area contributed by atoms with Crippen molar-refractivity contribution in [3.8, 4) is 0 Å². The third-order valence-corrected chi connectivity index (χ3v) is 2.74. The van der Waals surface area contributed by atoms with Crippen LogP contribution in [0.25, 0.3) is 0 Å². The number of aliphatic hydroxyl groups excluding tert-OH is 2. The molecule has 0 aromatic heterocycles. The van der Waals surface area contributed by atoms with E-state index in [-0.39, 0.29) is 10.8 Å². The van der Waals surface area contributed by atoms with E-state index in [2.05, 4.69) is 41.5 Å². The Hall–Kier alpha value is -0.340. The SMILES string of the molecule is CC(O)/C(=C(/C(C)O)C(C)(C)C)C(C)(C)C. The second kappa shape index (κ2) is 4.89. The number of aliphatic hydroxyl groups is 2. The molecular formula is C14H28O2. The molecule has 0 saturated heterocycles. The van der Waals surface area contributed by atoms with Crippen LogP contribution in [-0.2, 0) is 0 Å². The second-order valence-corrected chi connectivity index (χ2v) is 6.68. The predicted octanol–water partition coefficient (Wildman–Crippen LogP) is 3.14. The summed E-state index contributed by atoms with van der Waals surface area (Å²) in [6.07, 6.45) is -1.05. The van der Waals surface area contributed by atoms with Gasteiger partial charge in [-0.3, -0.25) is 0 Å². The van der Waals surface area contributed by atoms with E-state index in [9.17, 15) is 10.2 Å². The molecule has 0 aliphatic rings. The zero-order valence-corrected chi connectivity index (χ0v) is 12.0. The van der Waals surface area contributed by atoms with Crippen LogP contribution < -0.4 is 0 Å². The van der Waals surface area contributed by atoms with Crippen LogP contribution in [0.1, 0.15) is 55.4 Å². The highest BCUT2D eigenvalue weighted by Gasteiger charge is 2.32. The molecule has 0 aromatic carbocycles. The van der Waals surface area contributed by atoms with Crippen LogP contribution in [0.5, 0.6) is 0 Å². The monoisotopic (exact) mass is 228 g/mol. The Bertz CT molecular complexity index is 231. The normalized spacial score (nSPS) is 19.1. The molecule has 2 nitrogen and oxygen atoms in total. The fourth-order valence-corrected chi connectivity index (χ4v) is 2.51. The summed E-state index contributed by atoms with van der Waals surface area (Å²) in [5, 5.41) is 19.9. The van der Waals surface area contributed by atoms with E-state index in [1.54, 1.807) is 13.8 Å². The van der Waals surface area contributed by atoms with E-state index in [1.807, 2.05) is 0 Å². The first-order chi connectivity index (χ1) is 6.89. The molecule has 0 fully saturated rings. The minimum absolute atomic E-state index is 0.131. The highest BCUT2D eigenvalue weighted by atomic mass is 16.3. The van der Waals surface area contributed by atoms with Gasteiger partial charge >= 0.3 is 0 Å². The first-order valence-corrected chi connectivity index (χ1v) is 6.00. The van der Waals surface area contributed by atoms with Crippen LogP contribution in [0.2, 0.25) is 0 Å². The van der Waals surface area contributed by atoms with Crippen molar-refractivity contribution in [2.75, 3.05) is 0 Å². The summed E-state index contributed by atoms with van der Waals surface area (Å²) in [5.74, 6) is 0. The molecule has 0 rings (SSSR count). The van der Waals surface area contributed by atoms with Gasteiger partial charge in [0.2, 0.25) is 0 Å². The molecule has 0 heterocycles. The van der Waals surface area contributed by atoms with Crippen molar-refractivity contribution in [3.05, 3.63) is 11.1 Å². The summed E-state index contributed by atoms with van der Waals surface area (Å²) < 4.78 is 0. The molecule has 0 amide bonds. The maximum absolute atomic E-state index is 9.96. The average Bonchev–Trinajstić information content (AvgIpc) is 1.92. The lowest BCUT2D eigenvalue weighted by molar-refractivity contribution is 0.167. The number of hydrogen-bond acceptors (Lipinski definition) is 2. The zero-order valence-electron chi connectivity index (χ0n) is 12.0. The first-order valence-electron chi connectivity index (χ1n) is 6.00. The molecule has 96 valence electrons. The number of rotatable bonds is 2. The largest absolute Gasteiger partial charge is 0.389 e. The van der Waals surface area contributed by atoms with Crippen LogP contribution in [0.3, 0.4) is 0 Å². The van der Waals surface area contributed by atoms with Crippen LogP contribution >= 0.6 is 0 Å². The molecule has 0 aliphatic carbocycles. The smallest absolute Gasteiger partial charge is 0.0730 e. The van der Waals surface area contributed by atoms with E-state index < -0.39 is 12.2 Å². The summed E-state index contributed by atoms with van der Waals surface area (Å²) in [6, 6.07) is 0. The maximum atomic E-state index is 9.96. The highest BCUT2D eigenvalue weighted by molar-refractivity contribution is 5.30. The summed E-state index contributed by atoms with van der Waals surface area (Å²) in [4.78, 5) is 0. The predicted molar refractivity (Wildman–Crippen MR) is 69.3 cm³/mol. The van der Waals surface area contributed by atoms with Gasteiger partial charge in [0, 0.05) is 0 Å². The van der Waals surface area contributed by atoms with Gasteiger partial charge in [-0.1, -0.05) is 41.5 Å². The maximum Gasteiger partial charge on any atom is 0.0730 e. The Morgan fingerprint density at radius 3 is 0.938 bits per heavy atom. The molecule has 0 aliphatic heterocycles. The Labute approximate surface area is 100 Å². The quantitative estimate of drug-likeness (QED) is 0.713. The first kappa shape index (κ1) is 15.7. The van der Waals surface area contributed by atoms with Crippen LogP contribution in [0, 0.1) is 10.8 Å². The zero-order chi connectivity index (χ0) is 13.3. The van der Waals surface area contributed by atoms with Crippen LogP contribution in [-0.4, -0.2) is 22.4 Å². The van der Waals surface area contributed by atoms with Gasteiger partial charge in [0.1, 0.15) is 0 Å². The molecule has 0 aromatic rings. The van der Waals surface area contributed by atoms with Crippen LogP contribution in [0.4, 0.5) is 0 Å². The Morgan fingerprint density at radius 2 is 0.875 bits per heavy atom. The Kier molecular flexibility index (Phi) is 4.78. The third-order valence-electron chi connectivity index (χ3n) is 2.74. The Morgan fingerprint density at radius 1 is 0.688 bits per heavy atom. The fourth-order valence-electron chi connectivity index (χ4n) is 2.51. The summed E-state index contributed by atoms with van der Waals surface area (Å²) in [7, 11) is 0. The van der Waals surface area contributed by atoms with Crippen molar-refractivity contribution in [3.63, 3.8) is 0 Å². The van der Waals surface area contributed by atoms with Gasteiger partial charge in [-0.25, -0.2) is 0 Å². The molecule has 0 radical (unpaired) electrons. The lowest BCUT2D eigenvalue weighted by atomic mass is 9.71. The average molecular weight is 228 g/mol. The molecule has 0 bridgehead atoms. The lowest BCUT2D eigenvalue weighted by Crippen LogP contribution is -2.31. The minimum Gasteiger partial charge on any atom is -0.389 e. The highest BCUT2D eigenvalue weighted by Crippen LogP contribution is 2.39. The van der Waals surface area contributed by atoms with E-state index in [0.29, 0.717) is 0 Å². The third kappa shape index (κ3) is 3.91. The fraction of sp³-hybridized carbons (Fsp3) is 0.857. The standard InChI is InChI=1S/C14H28O2/c1-9(15)11(13(3,4)5)12(10(2)16)14(6,7)8/h9-10,15-16H,1-8H3/b12-11+. The van der Waals surface area contributed by atoms with Gasteiger partial charge in [-0.2, -0.15) is 0 Å². The minimum atomic E-state index is -0.524. The van der Waals surface area contributed by atoms with Crippen LogP contribution in [0.15, 0.2) is 11.1 Å². The van der Waals surface area contributed by atoms with Crippen molar-refractivity contribution < 1.29 is 10.2 Å².